The highest BCUT2D eigenvalue weighted by molar-refractivity contribution is 7.80. The fourth-order valence-electron chi connectivity index (χ4n) is 1.87. The standard InChI is InChI=1S/C16H17ClN2OS/c1-11-3-2-4-13(9-11)20-8-7-19-15-6-5-12(16(18)21)10-14(15)17/h2-6,9-10,19H,7-8H2,1H3,(H2,18,21). The van der Waals surface area contributed by atoms with Crippen LogP contribution < -0.4 is 15.8 Å². The zero-order chi connectivity index (χ0) is 15.2. The number of aryl methyl sites for hydroxylation is 1. The smallest absolute Gasteiger partial charge is 0.119 e. The van der Waals surface area contributed by atoms with E-state index < -0.39 is 0 Å². The summed E-state index contributed by atoms with van der Waals surface area (Å²) in [6.45, 7) is 3.24. The molecule has 2 aromatic carbocycles. The molecular weight excluding hydrogens is 304 g/mol. The van der Waals surface area contributed by atoms with Crippen LogP contribution in [0.1, 0.15) is 11.1 Å². The van der Waals surface area contributed by atoms with E-state index in [2.05, 4.69) is 5.32 Å². The Morgan fingerprint density at radius 1 is 1.29 bits per heavy atom. The number of thiocarbonyl (C=S) groups is 1. The first kappa shape index (κ1) is 15.6. The molecule has 3 nitrogen and oxygen atoms in total. The van der Waals surface area contributed by atoms with Gasteiger partial charge in [-0.1, -0.05) is 36.0 Å². The van der Waals surface area contributed by atoms with Gasteiger partial charge < -0.3 is 15.8 Å². The number of nitrogens with one attached hydrogen (secondary N) is 1. The SMILES string of the molecule is Cc1cccc(OCCNc2ccc(C(N)=S)cc2Cl)c1. The van der Waals surface area contributed by atoms with E-state index >= 15 is 0 Å². The number of halogens is 1. The summed E-state index contributed by atoms with van der Waals surface area (Å²) in [7, 11) is 0. The second-order valence-corrected chi connectivity index (χ2v) is 5.50. The lowest BCUT2D eigenvalue weighted by Crippen LogP contribution is -2.13. The van der Waals surface area contributed by atoms with Crippen LogP contribution >= 0.6 is 23.8 Å². The number of hydrogen-bond donors (Lipinski definition) is 2. The zero-order valence-electron chi connectivity index (χ0n) is 11.7. The summed E-state index contributed by atoms with van der Waals surface area (Å²) in [6, 6.07) is 13.4. The van der Waals surface area contributed by atoms with Crippen LogP contribution in [0.25, 0.3) is 0 Å². The molecule has 0 aliphatic rings. The van der Waals surface area contributed by atoms with Gasteiger partial charge in [-0.3, -0.25) is 0 Å². The fraction of sp³-hybridized carbons (Fsp3) is 0.188. The second kappa shape index (κ2) is 7.29. The largest absolute Gasteiger partial charge is 0.492 e. The summed E-state index contributed by atoms with van der Waals surface area (Å²) in [6.07, 6.45) is 0. The first-order valence-electron chi connectivity index (χ1n) is 6.59. The Bertz CT molecular complexity index is 646. The summed E-state index contributed by atoms with van der Waals surface area (Å²) < 4.78 is 5.66. The molecule has 0 aliphatic heterocycles. The number of hydrogen-bond acceptors (Lipinski definition) is 3. The van der Waals surface area contributed by atoms with Gasteiger partial charge in [0, 0.05) is 12.1 Å². The first-order valence-corrected chi connectivity index (χ1v) is 7.37. The minimum atomic E-state index is 0.339. The number of nitrogens with two attached hydrogens (primary N) is 1. The second-order valence-electron chi connectivity index (χ2n) is 4.65. The van der Waals surface area contributed by atoms with E-state index in [0.717, 1.165) is 17.0 Å². The predicted octanol–water partition coefficient (Wildman–Crippen LogP) is 3.77. The zero-order valence-corrected chi connectivity index (χ0v) is 13.3. The van der Waals surface area contributed by atoms with Crippen molar-refractivity contribution in [2.24, 2.45) is 5.73 Å². The Labute approximate surface area is 135 Å². The van der Waals surface area contributed by atoms with Crippen LogP contribution in [0.15, 0.2) is 42.5 Å². The maximum Gasteiger partial charge on any atom is 0.119 e. The molecule has 0 radical (unpaired) electrons. The van der Waals surface area contributed by atoms with Crippen molar-refractivity contribution in [3.05, 3.63) is 58.6 Å². The molecule has 0 amide bonds. The van der Waals surface area contributed by atoms with Crippen molar-refractivity contribution in [1.29, 1.82) is 0 Å². The van der Waals surface area contributed by atoms with Crippen LogP contribution in [-0.4, -0.2) is 18.1 Å². The summed E-state index contributed by atoms with van der Waals surface area (Å²) >= 11 is 11.1. The van der Waals surface area contributed by atoms with Crippen molar-refractivity contribution in [3.8, 4) is 5.75 Å². The summed E-state index contributed by atoms with van der Waals surface area (Å²) in [4.78, 5) is 0.339. The molecule has 0 saturated carbocycles. The summed E-state index contributed by atoms with van der Waals surface area (Å²) in [5.74, 6) is 0.867. The molecule has 0 fully saturated rings. The van der Waals surface area contributed by atoms with E-state index in [-0.39, 0.29) is 0 Å². The molecule has 0 atom stereocenters. The Morgan fingerprint density at radius 2 is 2.10 bits per heavy atom. The maximum absolute atomic E-state index is 6.17. The highest BCUT2D eigenvalue weighted by Gasteiger charge is 2.03. The third kappa shape index (κ3) is 4.62. The van der Waals surface area contributed by atoms with Crippen molar-refractivity contribution >= 4 is 34.5 Å². The molecule has 0 spiro atoms. The minimum absolute atomic E-state index is 0.339. The van der Waals surface area contributed by atoms with Crippen LogP contribution in [0.3, 0.4) is 0 Å². The van der Waals surface area contributed by atoms with E-state index in [1.807, 2.05) is 43.3 Å². The number of anilines is 1. The molecule has 5 heteroatoms. The maximum atomic E-state index is 6.17. The first-order chi connectivity index (χ1) is 10.1. The predicted molar refractivity (Wildman–Crippen MR) is 92.5 cm³/mol. The van der Waals surface area contributed by atoms with Crippen molar-refractivity contribution in [1.82, 2.24) is 0 Å². The van der Waals surface area contributed by atoms with Crippen molar-refractivity contribution in [2.75, 3.05) is 18.5 Å². The quantitative estimate of drug-likeness (QED) is 0.628. The van der Waals surface area contributed by atoms with Gasteiger partial charge in [0.2, 0.25) is 0 Å². The van der Waals surface area contributed by atoms with E-state index in [9.17, 15) is 0 Å². The van der Waals surface area contributed by atoms with Gasteiger partial charge >= 0.3 is 0 Å². The number of ether oxygens (including phenoxy) is 1. The lowest BCUT2D eigenvalue weighted by molar-refractivity contribution is 0.332. The molecular formula is C16H17ClN2OS. The number of benzene rings is 2. The molecule has 0 saturated heterocycles. The third-order valence-corrected chi connectivity index (χ3v) is 3.48. The monoisotopic (exact) mass is 320 g/mol. The normalized spacial score (nSPS) is 10.2. The number of rotatable bonds is 6. The highest BCUT2D eigenvalue weighted by atomic mass is 35.5. The Kier molecular flexibility index (Phi) is 5.42. The van der Waals surface area contributed by atoms with E-state index in [0.29, 0.717) is 23.2 Å². The van der Waals surface area contributed by atoms with Crippen LogP contribution in [0.4, 0.5) is 5.69 Å². The van der Waals surface area contributed by atoms with Crippen LogP contribution in [-0.2, 0) is 0 Å². The van der Waals surface area contributed by atoms with Crippen LogP contribution in [0.5, 0.6) is 5.75 Å². The lowest BCUT2D eigenvalue weighted by atomic mass is 10.2. The van der Waals surface area contributed by atoms with Gasteiger partial charge in [0.15, 0.2) is 0 Å². The van der Waals surface area contributed by atoms with E-state index in [1.165, 1.54) is 5.56 Å². The summed E-state index contributed by atoms with van der Waals surface area (Å²) in [5, 5.41) is 3.82. The molecule has 0 unspecified atom stereocenters. The van der Waals surface area contributed by atoms with Gasteiger partial charge in [0.25, 0.3) is 0 Å². The van der Waals surface area contributed by atoms with Crippen LogP contribution in [0.2, 0.25) is 5.02 Å². The topological polar surface area (TPSA) is 47.3 Å². The molecule has 21 heavy (non-hydrogen) atoms. The lowest BCUT2D eigenvalue weighted by Gasteiger charge is -2.11. The molecule has 0 bridgehead atoms. The van der Waals surface area contributed by atoms with E-state index in [1.54, 1.807) is 6.07 Å². The van der Waals surface area contributed by atoms with Gasteiger partial charge in [0.1, 0.15) is 17.3 Å². The summed E-state index contributed by atoms with van der Waals surface area (Å²) in [5.41, 5.74) is 8.34. The molecule has 110 valence electrons. The minimum Gasteiger partial charge on any atom is -0.492 e. The van der Waals surface area contributed by atoms with E-state index in [4.69, 9.17) is 34.3 Å². The van der Waals surface area contributed by atoms with Crippen molar-refractivity contribution < 1.29 is 4.74 Å². The van der Waals surface area contributed by atoms with Gasteiger partial charge in [-0.15, -0.1) is 0 Å². The van der Waals surface area contributed by atoms with Crippen molar-refractivity contribution in [2.45, 2.75) is 6.92 Å². The average Bonchev–Trinajstić information content (AvgIpc) is 2.45. The third-order valence-electron chi connectivity index (χ3n) is 2.93. The molecule has 0 aromatic heterocycles. The Hall–Kier alpha value is -1.78. The van der Waals surface area contributed by atoms with Gasteiger partial charge in [-0.25, -0.2) is 0 Å². The van der Waals surface area contributed by atoms with Gasteiger partial charge in [-0.05, 0) is 42.8 Å². The Morgan fingerprint density at radius 3 is 2.76 bits per heavy atom. The fourth-order valence-corrected chi connectivity index (χ4v) is 2.25. The molecule has 0 aliphatic carbocycles. The highest BCUT2D eigenvalue weighted by Crippen LogP contribution is 2.22. The van der Waals surface area contributed by atoms with Crippen molar-refractivity contribution in [3.63, 3.8) is 0 Å². The molecule has 2 aromatic rings. The van der Waals surface area contributed by atoms with Gasteiger partial charge in [0.05, 0.1) is 10.7 Å². The van der Waals surface area contributed by atoms with Gasteiger partial charge in [-0.2, -0.15) is 0 Å². The molecule has 3 N–H and O–H groups in total. The van der Waals surface area contributed by atoms with Crippen LogP contribution in [0, 0.1) is 6.92 Å². The molecule has 2 rings (SSSR count). The average molecular weight is 321 g/mol. The molecule has 0 heterocycles. The Balaban J connectivity index is 1.85.